The summed E-state index contributed by atoms with van der Waals surface area (Å²) in [5.41, 5.74) is 8.71. The number of allylic oxidation sites excluding steroid dienone is 1. The Bertz CT molecular complexity index is 393. The molecule has 0 aromatic heterocycles. The molecule has 0 saturated heterocycles. The molecule has 1 saturated carbocycles. The van der Waals surface area contributed by atoms with Gasteiger partial charge in [0.05, 0.1) is 0 Å². The first kappa shape index (κ1) is 15.1. The van der Waals surface area contributed by atoms with Crippen molar-refractivity contribution in [1.29, 1.82) is 0 Å². The van der Waals surface area contributed by atoms with Crippen molar-refractivity contribution in [2.24, 2.45) is 5.73 Å². The van der Waals surface area contributed by atoms with Crippen molar-refractivity contribution in [2.45, 2.75) is 63.5 Å². The summed E-state index contributed by atoms with van der Waals surface area (Å²) in [5, 5.41) is 3.59. The minimum Gasteiger partial charge on any atom is -0.386 e. The third-order valence-corrected chi connectivity index (χ3v) is 4.17. The average Bonchev–Trinajstić information content (AvgIpc) is 2.47. The van der Waals surface area contributed by atoms with Crippen molar-refractivity contribution in [1.82, 2.24) is 5.32 Å². The van der Waals surface area contributed by atoms with Crippen LogP contribution in [0.3, 0.4) is 0 Å². The fourth-order valence-corrected chi connectivity index (χ4v) is 2.99. The highest BCUT2D eigenvalue weighted by Gasteiger charge is 2.13. The van der Waals surface area contributed by atoms with Crippen molar-refractivity contribution < 1.29 is 0 Å². The second-order valence-electron chi connectivity index (χ2n) is 6.07. The first-order valence-electron chi connectivity index (χ1n) is 7.98. The molecule has 2 rings (SSSR count). The number of hydrogen-bond donors (Lipinski definition) is 2. The molecule has 0 aliphatic heterocycles. The van der Waals surface area contributed by atoms with E-state index in [4.69, 9.17) is 5.73 Å². The van der Waals surface area contributed by atoms with E-state index in [2.05, 4.69) is 36.2 Å². The van der Waals surface area contributed by atoms with Gasteiger partial charge in [-0.1, -0.05) is 56.2 Å². The molecular formula is C18H28N2. The van der Waals surface area contributed by atoms with Crippen LogP contribution in [-0.4, -0.2) is 12.1 Å². The van der Waals surface area contributed by atoms with Crippen molar-refractivity contribution >= 4 is 0 Å². The molecule has 2 nitrogen and oxygen atoms in total. The van der Waals surface area contributed by atoms with E-state index in [1.54, 1.807) is 0 Å². The van der Waals surface area contributed by atoms with Gasteiger partial charge >= 0.3 is 0 Å². The van der Waals surface area contributed by atoms with Crippen molar-refractivity contribution in [2.75, 3.05) is 0 Å². The monoisotopic (exact) mass is 272 g/mol. The molecule has 0 bridgehead atoms. The van der Waals surface area contributed by atoms with E-state index in [-0.39, 0.29) is 6.04 Å². The SMILES string of the molecule is C=C(CCC(N)Cc1ccccc1)NC1CCCCC1. The van der Waals surface area contributed by atoms with Crippen LogP contribution < -0.4 is 11.1 Å². The smallest absolute Gasteiger partial charge is 0.0258 e. The van der Waals surface area contributed by atoms with Gasteiger partial charge in [0, 0.05) is 17.8 Å². The first-order chi connectivity index (χ1) is 9.74. The van der Waals surface area contributed by atoms with Crippen LogP contribution in [-0.2, 0) is 6.42 Å². The van der Waals surface area contributed by atoms with Gasteiger partial charge in [0.2, 0.25) is 0 Å². The topological polar surface area (TPSA) is 38.0 Å². The van der Waals surface area contributed by atoms with Crippen LogP contribution in [0.5, 0.6) is 0 Å². The molecule has 110 valence electrons. The summed E-state index contributed by atoms with van der Waals surface area (Å²) in [6.07, 6.45) is 9.67. The van der Waals surface area contributed by atoms with Gasteiger partial charge in [-0.25, -0.2) is 0 Å². The molecule has 1 fully saturated rings. The van der Waals surface area contributed by atoms with Crippen LogP contribution in [0.4, 0.5) is 0 Å². The molecule has 0 amide bonds. The highest BCUT2D eigenvalue weighted by atomic mass is 14.9. The lowest BCUT2D eigenvalue weighted by Gasteiger charge is -2.25. The average molecular weight is 272 g/mol. The molecule has 1 unspecified atom stereocenters. The highest BCUT2D eigenvalue weighted by molar-refractivity contribution is 5.15. The quantitative estimate of drug-likeness (QED) is 0.793. The van der Waals surface area contributed by atoms with Gasteiger partial charge in [-0.2, -0.15) is 0 Å². The molecule has 1 aliphatic rings. The summed E-state index contributed by atoms with van der Waals surface area (Å²) in [4.78, 5) is 0. The molecule has 1 atom stereocenters. The first-order valence-corrected chi connectivity index (χ1v) is 7.98. The Hall–Kier alpha value is -1.28. The minimum atomic E-state index is 0.224. The largest absolute Gasteiger partial charge is 0.386 e. The Labute approximate surface area is 123 Å². The summed E-state index contributed by atoms with van der Waals surface area (Å²) in [5.74, 6) is 0. The zero-order valence-corrected chi connectivity index (χ0v) is 12.5. The molecule has 1 aliphatic carbocycles. The standard InChI is InChI=1S/C18H28N2/c1-15(20-18-10-6-3-7-11-18)12-13-17(19)14-16-8-4-2-5-9-16/h2,4-5,8-9,17-18,20H,1,3,6-7,10-14,19H2. The summed E-state index contributed by atoms with van der Waals surface area (Å²) in [7, 11) is 0. The fraction of sp³-hybridized carbons (Fsp3) is 0.556. The zero-order chi connectivity index (χ0) is 14.2. The molecule has 2 heteroatoms. The molecule has 20 heavy (non-hydrogen) atoms. The second-order valence-corrected chi connectivity index (χ2v) is 6.07. The number of nitrogens with one attached hydrogen (secondary N) is 1. The highest BCUT2D eigenvalue weighted by Crippen LogP contribution is 2.19. The van der Waals surface area contributed by atoms with Crippen molar-refractivity contribution in [3.8, 4) is 0 Å². The second kappa shape index (κ2) is 8.11. The Morgan fingerprint density at radius 2 is 1.90 bits per heavy atom. The van der Waals surface area contributed by atoms with E-state index in [1.165, 1.54) is 43.4 Å². The summed E-state index contributed by atoms with van der Waals surface area (Å²) < 4.78 is 0. The lowest BCUT2D eigenvalue weighted by atomic mass is 9.95. The van der Waals surface area contributed by atoms with Gasteiger partial charge < -0.3 is 11.1 Å². The van der Waals surface area contributed by atoms with E-state index < -0.39 is 0 Å². The minimum absolute atomic E-state index is 0.224. The summed E-state index contributed by atoms with van der Waals surface area (Å²) in [6.45, 7) is 4.16. The van der Waals surface area contributed by atoms with E-state index >= 15 is 0 Å². The van der Waals surface area contributed by atoms with Crippen molar-refractivity contribution in [3.63, 3.8) is 0 Å². The lowest BCUT2D eigenvalue weighted by molar-refractivity contribution is 0.391. The molecular weight excluding hydrogens is 244 g/mol. The Balaban J connectivity index is 1.64. The number of nitrogens with two attached hydrogens (primary N) is 1. The van der Waals surface area contributed by atoms with Crippen LogP contribution in [0.2, 0.25) is 0 Å². The number of hydrogen-bond acceptors (Lipinski definition) is 2. The van der Waals surface area contributed by atoms with E-state index in [0.717, 1.165) is 19.3 Å². The van der Waals surface area contributed by atoms with Crippen LogP contribution in [0.1, 0.15) is 50.5 Å². The summed E-state index contributed by atoms with van der Waals surface area (Å²) >= 11 is 0. The maximum atomic E-state index is 6.22. The van der Waals surface area contributed by atoms with Gasteiger partial charge in [0.1, 0.15) is 0 Å². The fourth-order valence-electron chi connectivity index (χ4n) is 2.99. The Kier molecular flexibility index (Phi) is 6.13. The molecule has 3 N–H and O–H groups in total. The van der Waals surface area contributed by atoms with Crippen LogP contribution >= 0.6 is 0 Å². The molecule has 0 radical (unpaired) electrons. The van der Waals surface area contributed by atoms with Crippen LogP contribution in [0.25, 0.3) is 0 Å². The predicted octanol–water partition coefficient (Wildman–Crippen LogP) is 3.77. The number of rotatable bonds is 7. The van der Waals surface area contributed by atoms with E-state index in [0.29, 0.717) is 6.04 Å². The Morgan fingerprint density at radius 1 is 1.20 bits per heavy atom. The maximum absolute atomic E-state index is 6.22. The van der Waals surface area contributed by atoms with E-state index in [1.807, 2.05) is 6.07 Å². The van der Waals surface area contributed by atoms with Crippen molar-refractivity contribution in [3.05, 3.63) is 48.2 Å². The third-order valence-electron chi connectivity index (χ3n) is 4.17. The predicted molar refractivity (Wildman–Crippen MR) is 86.5 cm³/mol. The molecule has 0 spiro atoms. The van der Waals surface area contributed by atoms with Gasteiger partial charge in [-0.05, 0) is 37.7 Å². The zero-order valence-electron chi connectivity index (χ0n) is 12.5. The third kappa shape index (κ3) is 5.38. The van der Waals surface area contributed by atoms with Gasteiger partial charge in [-0.15, -0.1) is 0 Å². The summed E-state index contributed by atoms with van der Waals surface area (Å²) in [6, 6.07) is 11.4. The number of benzene rings is 1. The molecule has 1 aromatic carbocycles. The van der Waals surface area contributed by atoms with E-state index in [9.17, 15) is 0 Å². The van der Waals surface area contributed by atoms with Gasteiger partial charge in [0.15, 0.2) is 0 Å². The normalized spacial score (nSPS) is 17.6. The van der Waals surface area contributed by atoms with Gasteiger partial charge in [0.25, 0.3) is 0 Å². The van der Waals surface area contributed by atoms with Crippen LogP contribution in [0, 0.1) is 0 Å². The molecule has 1 aromatic rings. The molecule has 0 heterocycles. The van der Waals surface area contributed by atoms with Crippen LogP contribution in [0.15, 0.2) is 42.6 Å². The lowest BCUT2D eigenvalue weighted by Crippen LogP contribution is -2.31. The maximum Gasteiger partial charge on any atom is 0.0258 e. The Morgan fingerprint density at radius 3 is 2.60 bits per heavy atom. The van der Waals surface area contributed by atoms with Gasteiger partial charge in [-0.3, -0.25) is 0 Å².